The van der Waals surface area contributed by atoms with Crippen molar-refractivity contribution in [1.29, 1.82) is 0 Å². The van der Waals surface area contributed by atoms with Gasteiger partial charge in [-0.2, -0.15) is 0 Å². The fraction of sp³-hybridized carbons (Fsp3) is 0.474. The number of rotatable bonds is 8. The zero-order valence-corrected chi connectivity index (χ0v) is 15.1. The molecule has 0 fully saturated rings. The van der Waals surface area contributed by atoms with Crippen LogP contribution in [0.25, 0.3) is 0 Å². The van der Waals surface area contributed by atoms with Crippen molar-refractivity contribution in [2.45, 2.75) is 45.9 Å². The van der Waals surface area contributed by atoms with E-state index in [4.69, 9.17) is 0 Å². The van der Waals surface area contributed by atoms with E-state index in [9.17, 15) is 9.90 Å². The van der Waals surface area contributed by atoms with Gasteiger partial charge in [0.05, 0.1) is 6.10 Å². The first kappa shape index (κ1) is 19.0. The number of nitrogens with zero attached hydrogens (tertiary/aromatic N) is 2. The zero-order valence-electron chi connectivity index (χ0n) is 15.1. The number of nitrogens with one attached hydrogen (secondary N) is 2. The minimum absolute atomic E-state index is 0.124. The molecule has 6 heteroatoms. The minimum atomic E-state index is -0.584. The third kappa shape index (κ3) is 6.23. The first-order valence-electron chi connectivity index (χ1n) is 8.70. The molecule has 2 rings (SSSR count). The minimum Gasteiger partial charge on any atom is -0.388 e. The smallest absolute Gasteiger partial charge is 0.315 e. The number of carbonyl (C=O) groups is 1. The first-order chi connectivity index (χ1) is 12.0. The Bertz CT molecular complexity index is 656. The van der Waals surface area contributed by atoms with Crippen molar-refractivity contribution in [1.82, 2.24) is 20.2 Å². The summed E-state index contributed by atoms with van der Waals surface area (Å²) in [6.07, 6.45) is 3.61. The molecule has 1 aromatic carbocycles. The van der Waals surface area contributed by atoms with Crippen LogP contribution in [0.4, 0.5) is 4.79 Å². The molecule has 136 valence electrons. The van der Waals surface area contributed by atoms with Gasteiger partial charge in [-0.25, -0.2) is 9.78 Å². The quantitative estimate of drug-likeness (QED) is 0.689. The summed E-state index contributed by atoms with van der Waals surface area (Å²) < 4.78 is 2.07. The summed E-state index contributed by atoms with van der Waals surface area (Å²) in [7, 11) is 0. The molecule has 25 heavy (non-hydrogen) atoms. The Morgan fingerprint density at radius 3 is 2.64 bits per heavy atom. The van der Waals surface area contributed by atoms with E-state index in [0.29, 0.717) is 18.9 Å². The van der Waals surface area contributed by atoms with Gasteiger partial charge in [0.2, 0.25) is 0 Å². The van der Waals surface area contributed by atoms with E-state index in [1.54, 1.807) is 6.20 Å². The maximum atomic E-state index is 12.0. The Labute approximate surface area is 149 Å². The second kappa shape index (κ2) is 9.22. The Morgan fingerprint density at radius 1 is 1.28 bits per heavy atom. The van der Waals surface area contributed by atoms with Crippen molar-refractivity contribution in [3.8, 4) is 0 Å². The number of aryl methyl sites for hydroxylation is 1. The molecule has 0 radical (unpaired) electrons. The number of amides is 2. The van der Waals surface area contributed by atoms with Crippen LogP contribution in [0, 0.1) is 12.8 Å². The Kier molecular flexibility index (Phi) is 7.01. The van der Waals surface area contributed by atoms with Gasteiger partial charge in [-0.15, -0.1) is 0 Å². The molecule has 0 aliphatic carbocycles. The summed E-state index contributed by atoms with van der Waals surface area (Å²) in [5.41, 5.74) is 0.862. The van der Waals surface area contributed by atoms with Crippen LogP contribution in [0.3, 0.4) is 0 Å². The molecular formula is C19H28N4O2. The normalized spacial score (nSPS) is 14.6. The van der Waals surface area contributed by atoms with Crippen LogP contribution in [0.5, 0.6) is 0 Å². The molecule has 2 amide bonds. The molecule has 3 unspecified atom stereocenters. The molecule has 0 aliphatic rings. The summed E-state index contributed by atoms with van der Waals surface area (Å²) in [6, 6.07) is 9.15. The molecular weight excluding hydrogens is 316 g/mol. The fourth-order valence-electron chi connectivity index (χ4n) is 2.74. The van der Waals surface area contributed by atoms with E-state index in [2.05, 4.69) is 27.1 Å². The lowest BCUT2D eigenvalue weighted by Crippen LogP contribution is -2.43. The number of imidazole rings is 1. The topological polar surface area (TPSA) is 79.2 Å². The second-order valence-electron chi connectivity index (χ2n) is 6.65. The predicted octanol–water partition coefficient (Wildman–Crippen LogP) is 2.64. The van der Waals surface area contributed by atoms with Crippen molar-refractivity contribution in [3.05, 3.63) is 54.1 Å². The molecule has 6 nitrogen and oxygen atoms in total. The molecule has 0 spiro atoms. The summed E-state index contributed by atoms with van der Waals surface area (Å²) in [6.45, 7) is 7.34. The first-order valence-corrected chi connectivity index (χ1v) is 8.70. The maximum Gasteiger partial charge on any atom is 0.315 e. The van der Waals surface area contributed by atoms with E-state index in [1.165, 1.54) is 0 Å². The lowest BCUT2D eigenvalue weighted by molar-refractivity contribution is 0.154. The Hall–Kier alpha value is -2.34. The Balaban J connectivity index is 1.69. The van der Waals surface area contributed by atoms with Crippen molar-refractivity contribution in [2.24, 2.45) is 5.92 Å². The summed E-state index contributed by atoms with van der Waals surface area (Å²) in [5.74, 6) is 1.27. The average Bonchev–Trinajstić information content (AvgIpc) is 2.98. The maximum absolute atomic E-state index is 12.0. The van der Waals surface area contributed by atoms with Gasteiger partial charge in [0.15, 0.2) is 0 Å². The van der Waals surface area contributed by atoms with Crippen LogP contribution in [0.1, 0.15) is 37.8 Å². The number of hydrogen-bond donors (Lipinski definition) is 3. The van der Waals surface area contributed by atoms with Gasteiger partial charge in [0, 0.05) is 31.5 Å². The zero-order chi connectivity index (χ0) is 18.2. The number of benzene rings is 1. The van der Waals surface area contributed by atoms with Gasteiger partial charge < -0.3 is 20.3 Å². The molecule has 2 aromatic rings. The van der Waals surface area contributed by atoms with Crippen molar-refractivity contribution in [2.75, 3.05) is 6.54 Å². The van der Waals surface area contributed by atoms with Crippen LogP contribution < -0.4 is 10.6 Å². The third-order valence-corrected chi connectivity index (χ3v) is 4.18. The van der Waals surface area contributed by atoms with Crippen LogP contribution in [0.15, 0.2) is 42.7 Å². The summed E-state index contributed by atoms with van der Waals surface area (Å²) in [4.78, 5) is 16.2. The summed E-state index contributed by atoms with van der Waals surface area (Å²) >= 11 is 0. The fourth-order valence-corrected chi connectivity index (χ4v) is 2.74. The number of aromatic nitrogens is 2. The largest absolute Gasteiger partial charge is 0.388 e. The number of hydrogen-bond acceptors (Lipinski definition) is 3. The number of urea groups is 1. The lowest BCUT2D eigenvalue weighted by Gasteiger charge is -2.20. The average molecular weight is 344 g/mol. The van der Waals surface area contributed by atoms with Crippen molar-refractivity contribution < 1.29 is 9.90 Å². The molecule has 0 bridgehead atoms. The van der Waals surface area contributed by atoms with E-state index < -0.39 is 6.10 Å². The Morgan fingerprint density at radius 2 is 2.00 bits per heavy atom. The SMILES string of the molecule is Cc1nccn1CC(C)CNC(=O)NC(C)CC(O)c1ccccc1. The lowest BCUT2D eigenvalue weighted by atomic mass is 10.0. The molecule has 0 saturated heterocycles. The van der Waals surface area contributed by atoms with E-state index >= 15 is 0 Å². The van der Waals surface area contributed by atoms with Gasteiger partial charge >= 0.3 is 6.03 Å². The van der Waals surface area contributed by atoms with Gasteiger partial charge in [0.1, 0.15) is 5.82 Å². The highest BCUT2D eigenvalue weighted by Gasteiger charge is 2.14. The number of carbonyl (C=O) groups excluding carboxylic acids is 1. The monoisotopic (exact) mass is 344 g/mol. The number of aliphatic hydroxyl groups is 1. The number of aliphatic hydroxyl groups excluding tert-OH is 1. The van der Waals surface area contributed by atoms with Crippen molar-refractivity contribution >= 4 is 6.03 Å². The molecule has 0 saturated carbocycles. The van der Waals surface area contributed by atoms with Gasteiger partial charge in [-0.3, -0.25) is 0 Å². The van der Waals surface area contributed by atoms with Gasteiger partial charge in [-0.1, -0.05) is 37.3 Å². The molecule has 3 N–H and O–H groups in total. The molecule has 1 heterocycles. The third-order valence-electron chi connectivity index (χ3n) is 4.18. The van der Waals surface area contributed by atoms with Gasteiger partial charge in [0.25, 0.3) is 0 Å². The van der Waals surface area contributed by atoms with Crippen LogP contribution in [-0.2, 0) is 6.54 Å². The van der Waals surface area contributed by atoms with Gasteiger partial charge in [-0.05, 0) is 31.7 Å². The molecule has 0 aliphatic heterocycles. The van der Waals surface area contributed by atoms with Crippen LogP contribution >= 0.6 is 0 Å². The predicted molar refractivity (Wildman–Crippen MR) is 98.1 cm³/mol. The van der Waals surface area contributed by atoms with E-state index in [-0.39, 0.29) is 12.1 Å². The van der Waals surface area contributed by atoms with Crippen LogP contribution in [0.2, 0.25) is 0 Å². The molecule has 1 aromatic heterocycles. The standard InChI is InChI=1S/C19H28N4O2/c1-14(13-23-10-9-20-16(23)3)12-21-19(25)22-15(2)11-18(24)17-7-5-4-6-8-17/h4-10,14-15,18,24H,11-13H2,1-3H3,(H2,21,22,25). The highest BCUT2D eigenvalue weighted by molar-refractivity contribution is 5.74. The highest BCUT2D eigenvalue weighted by Crippen LogP contribution is 2.17. The van der Waals surface area contributed by atoms with E-state index in [0.717, 1.165) is 17.9 Å². The summed E-state index contributed by atoms with van der Waals surface area (Å²) in [5, 5.41) is 16.0. The van der Waals surface area contributed by atoms with E-state index in [1.807, 2.05) is 50.4 Å². The van der Waals surface area contributed by atoms with Crippen molar-refractivity contribution in [3.63, 3.8) is 0 Å². The van der Waals surface area contributed by atoms with Crippen LogP contribution in [-0.4, -0.2) is 33.3 Å². The molecule has 3 atom stereocenters. The highest BCUT2D eigenvalue weighted by atomic mass is 16.3. The second-order valence-corrected chi connectivity index (χ2v) is 6.65.